The summed E-state index contributed by atoms with van der Waals surface area (Å²) in [7, 11) is 0. The summed E-state index contributed by atoms with van der Waals surface area (Å²) in [4.78, 5) is 17.7. The van der Waals surface area contributed by atoms with Gasteiger partial charge in [-0.3, -0.25) is 4.99 Å². The number of hydrogen-bond acceptors (Lipinski definition) is 5. The highest BCUT2D eigenvalue weighted by Crippen LogP contribution is 2.15. The Bertz CT molecular complexity index is 515. The molecule has 8 heteroatoms. The zero-order chi connectivity index (χ0) is 17.4. The minimum Gasteiger partial charge on any atom is -0.388 e. The summed E-state index contributed by atoms with van der Waals surface area (Å²) in [5.41, 5.74) is -0.708. The second-order valence-electron chi connectivity index (χ2n) is 6.12. The number of nitrogens with one attached hydrogen (secondary N) is 1. The highest BCUT2D eigenvalue weighted by molar-refractivity contribution is 14.0. The maximum Gasteiger partial charge on any atom is 0.225 e. The Morgan fingerprint density at radius 2 is 1.76 bits per heavy atom. The molecule has 1 saturated heterocycles. The van der Waals surface area contributed by atoms with Crippen LogP contribution in [0.3, 0.4) is 0 Å². The molecule has 142 valence electrons. The molecule has 0 aliphatic carbocycles. The van der Waals surface area contributed by atoms with Gasteiger partial charge in [-0.1, -0.05) is 13.8 Å². The first-order valence-electron chi connectivity index (χ1n) is 8.89. The number of halogens is 1. The Balaban J connectivity index is 0.00000312. The van der Waals surface area contributed by atoms with E-state index in [0.29, 0.717) is 19.4 Å². The molecule has 1 aliphatic rings. The van der Waals surface area contributed by atoms with Crippen LogP contribution in [0.1, 0.15) is 33.6 Å². The van der Waals surface area contributed by atoms with Crippen molar-refractivity contribution >= 4 is 35.9 Å². The lowest BCUT2D eigenvalue weighted by molar-refractivity contribution is 0.0415. The van der Waals surface area contributed by atoms with E-state index in [9.17, 15) is 5.11 Å². The molecule has 1 aromatic heterocycles. The third-order valence-electron chi connectivity index (χ3n) is 4.59. The van der Waals surface area contributed by atoms with Crippen LogP contribution in [0.25, 0.3) is 0 Å². The van der Waals surface area contributed by atoms with Gasteiger partial charge in [0.1, 0.15) is 0 Å². The van der Waals surface area contributed by atoms with Gasteiger partial charge in [-0.2, -0.15) is 0 Å². The summed E-state index contributed by atoms with van der Waals surface area (Å²) in [5.74, 6) is 1.66. The highest BCUT2D eigenvalue weighted by Gasteiger charge is 2.24. The minimum absolute atomic E-state index is 0. The van der Waals surface area contributed by atoms with Gasteiger partial charge in [0.25, 0.3) is 0 Å². The summed E-state index contributed by atoms with van der Waals surface area (Å²) in [6.07, 6.45) is 4.98. The van der Waals surface area contributed by atoms with Crippen LogP contribution in [-0.4, -0.2) is 70.8 Å². The lowest BCUT2D eigenvalue weighted by Crippen LogP contribution is -2.53. The average molecular weight is 462 g/mol. The smallest absolute Gasteiger partial charge is 0.225 e. The molecule has 0 atom stereocenters. The van der Waals surface area contributed by atoms with E-state index in [1.54, 1.807) is 12.4 Å². The van der Waals surface area contributed by atoms with Crippen molar-refractivity contribution in [1.29, 1.82) is 0 Å². The van der Waals surface area contributed by atoms with Crippen LogP contribution in [0, 0.1) is 0 Å². The molecule has 7 nitrogen and oxygen atoms in total. The van der Waals surface area contributed by atoms with Gasteiger partial charge >= 0.3 is 0 Å². The Morgan fingerprint density at radius 3 is 2.28 bits per heavy atom. The number of guanidine groups is 1. The van der Waals surface area contributed by atoms with E-state index in [1.165, 1.54) is 0 Å². The van der Waals surface area contributed by atoms with Gasteiger partial charge in [-0.25, -0.2) is 9.97 Å². The first kappa shape index (κ1) is 21.9. The largest absolute Gasteiger partial charge is 0.388 e. The average Bonchev–Trinajstić information content (AvgIpc) is 2.66. The van der Waals surface area contributed by atoms with Crippen molar-refractivity contribution in [2.45, 2.75) is 39.2 Å². The molecule has 0 unspecified atom stereocenters. The number of hydrogen-bond donors (Lipinski definition) is 2. The molecule has 0 saturated carbocycles. The van der Waals surface area contributed by atoms with E-state index < -0.39 is 5.60 Å². The van der Waals surface area contributed by atoms with E-state index in [4.69, 9.17) is 0 Å². The Morgan fingerprint density at radius 1 is 1.16 bits per heavy atom. The van der Waals surface area contributed by atoms with Gasteiger partial charge in [0.15, 0.2) is 5.96 Å². The molecule has 0 aromatic carbocycles. The third-order valence-corrected chi connectivity index (χ3v) is 4.59. The van der Waals surface area contributed by atoms with Crippen LogP contribution in [0.4, 0.5) is 5.95 Å². The number of aliphatic imine (C=N–C) groups is 1. The molecule has 0 radical (unpaired) electrons. The Labute approximate surface area is 168 Å². The van der Waals surface area contributed by atoms with Crippen LogP contribution < -0.4 is 10.2 Å². The number of aliphatic hydroxyl groups is 1. The third kappa shape index (κ3) is 6.25. The standard InChI is InChI=1S/C17H30N6O.HI/c1-4-17(24,5-2)14-21-15(18-6-3)22-10-12-23(13-11-22)16-19-8-7-9-20-16;/h7-9,24H,4-6,10-14H2,1-3H3,(H,18,21);1H. The van der Waals surface area contributed by atoms with Crippen LogP contribution in [0.5, 0.6) is 0 Å². The van der Waals surface area contributed by atoms with E-state index in [0.717, 1.165) is 44.6 Å². The molecule has 25 heavy (non-hydrogen) atoms. The maximum atomic E-state index is 10.5. The van der Waals surface area contributed by atoms with E-state index >= 15 is 0 Å². The molecule has 2 rings (SSSR count). The van der Waals surface area contributed by atoms with E-state index in [-0.39, 0.29) is 24.0 Å². The van der Waals surface area contributed by atoms with Crippen molar-refractivity contribution in [2.24, 2.45) is 4.99 Å². The van der Waals surface area contributed by atoms with Gasteiger partial charge in [-0.05, 0) is 25.8 Å². The fourth-order valence-corrected chi connectivity index (χ4v) is 2.69. The van der Waals surface area contributed by atoms with Crippen molar-refractivity contribution in [2.75, 3.05) is 44.2 Å². The fourth-order valence-electron chi connectivity index (χ4n) is 2.69. The van der Waals surface area contributed by atoms with Crippen LogP contribution in [-0.2, 0) is 0 Å². The molecule has 0 spiro atoms. The van der Waals surface area contributed by atoms with Gasteiger partial charge < -0.3 is 20.2 Å². The quantitative estimate of drug-likeness (QED) is 0.381. The molecular formula is C17H31IN6O. The molecule has 0 amide bonds. The van der Waals surface area contributed by atoms with Gasteiger partial charge in [0.2, 0.25) is 5.95 Å². The normalized spacial score (nSPS) is 15.8. The van der Waals surface area contributed by atoms with Crippen molar-refractivity contribution in [1.82, 2.24) is 20.2 Å². The Hall–Kier alpha value is -1.16. The number of nitrogens with zero attached hydrogens (tertiary/aromatic N) is 5. The maximum absolute atomic E-state index is 10.5. The number of rotatable bonds is 6. The van der Waals surface area contributed by atoms with Crippen molar-refractivity contribution in [3.63, 3.8) is 0 Å². The molecule has 0 bridgehead atoms. The summed E-state index contributed by atoms with van der Waals surface area (Å²) in [5, 5.41) is 13.8. The number of piperazine rings is 1. The molecule has 2 N–H and O–H groups in total. The lowest BCUT2D eigenvalue weighted by atomic mass is 9.98. The number of aromatic nitrogens is 2. The topological polar surface area (TPSA) is 76.9 Å². The summed E-state index contributed by atoms with van der Waals surface area (Å²) < 4.78 is 0. The predicted molar refractivity (Wildman–Crippen MR) is 113 cm³/mol. The van der Waals surface area contributed by atoms with E-state index in [1.807, 2.05) is 19.9 Å². The van der Waals surface area contributed by atoms with Gasteiger partial charge in [-0.15, -0.1) is 24.0 Å². The van der Waals surface area contributed by atoms with E-state index in [2.05, 4.69) is 37.0 Å². The highest BCUT2D eigenvalue weighted by atomic mass is 127. The number of anilines is 1. The van der Waals surface area contributed by atoms with Gasteiger partial charge in [0.05, 0.1) is 12.1 Å². The minimum atomic E-state index is -0.708. The fraction of sp³-hybridized carbons (Fsp3) is 0.706. The molecule has 1 aromatic rings. The van der Waals surface area contributed by atoms with Crippen molar-refractivity contribution in [3.05, 3.63) is 18.5 Å². The monoisotopic (exact) mass is 462 g/mol. The molecular weight excluding hydrogens is 431 g/mol. The second-order valence-corrected chi connectivity index (χ2v) is 6.12. The Kier molecular flexibility index (Phi) is 9.41. The lowest BCUT2D eigenvalue weighted by Gasteiger charge is -2.36. The molecule has 1 fully saturated rings. The molecule has 1 aliphatic heterocycles. The summed E-state index contributed by atoms with van der Waals surface area (Å²) in [6.45, 7) is 10.8. The summed E-state index contributed by atoms with van der Waals surface area (Å²) >= 11 is 0. The van der Waals surface area contributed by atoms with Crippen molar-refractivity contribution < 1.29 is 5.11 Å². The second kappa shape index (κ2) is 10.7. The van der Waals surface area contributed by atoms with Crippen LogP contribution >= 0.6 is 24.0 Å². The van der Waals surface area contributed by atoms with Crippen LogP contribution in [0.15, 0.2) is 23.5 Å². The first-order chi connectivity index (χ1) is 11.6. The molecule has 2 heterocycles. The van der Waals surface area contributed by atoms with Crippen molar-refractivity contribution in [3.8, 4) is 0 Å². The predicted octanol–water partition coefficient (Wildman–Crippen LogP) is 1.73. The van der Waals surface area contributed by atoms with Gasteiger partial charge in [0, 0.05) is 45.1 Å². The first-order valence-corrected chi connectivity index (χ1v) is 8.89. The summed E-state index contributed by atoms with van der Waals surface area (Å²) in [6, 6.07) is 1.83. The van der Waals surface area contributed by atoms with Crippen LogP contribution in [0.2, 0.25) is 0 Å². The SMILES string of the molecule is CCNC(=NCC(O)(CC)CC)N1CCN(c2ncccn2)CC1.I. The zero-order valence-electron chi connectivity index (χ0n) is 15.5. The zero-order valence-corrected chi connectivity index (χ0v) is 17.8.